The van der Waals surface area contributed by atoms with Crippen LogP contribution in [0, 0.1) is 5.92 Å². The fourth-order valence-corrected chi connectivity index (χ4v) is 2.09. The normalized spacial score (nSPS) is 21.6. The first-order valence-corrected chi connectivity index (χ1v) is 6.73. The van der Waals surface area contributed by atoms with Crippen molar-refractivity contribution < 1.29 is 0 Å². The van der Waals surface area contributed by atoms with E-state index in [9.17, 15) is 0 Å². The number of hydrogen-bond donors (Lipinski definition) is 1. The first kappa shape index (κ1) is 13.9. The summed E-state index contributed by atoms with van der Waals surface area (Å²) in [7, 11) is 2.21. The van der Waals surface area contributed by atoms with E-state index < -0.39 is 0 Å². The van der Waals surface area contributed by atoms with Crippen LogP contribution in [0.15, 0.2) is 0 Å². The molecular formula is C13H29N3. The van der Waals surface area contributed by atoms with Crippen molar-refractivity contribution in [3.8, 4) is 0 Å². The second-order valence-corrected chi connectivity index (χ2v) is 5.57. The van der Waals surface area contributed by atoms with Gasteiger partial charge in [0.25, 0.3) is 0 Å². The summed E-state index contributed by atoms with van der Waals surface area (Å²) in [6.45, 7) is 14.1. The fraction of sp³-hybridized carbons (Fsp3) is 1.00. The summed E-state index contributed by atoms with van der Waals surface area (Å²) in [6.07, 6.45) is 1.29. The molecule has 16 heavy (non-hydrogen) atoms. The number of nitrogens with zero attached hydrogens (tertiary/aromatic N) is 2. The monoisotopic (exact) mass is 227 g/mol. The van der Waals surface area contributed by atoms with Crippen molar-refractivity contribution >= 4 is 0 Å². The first-order chi connectivity index (χ1) is 7.59. The maximum Gasteiger partial charge on any atom is 0.0193 e. The smallest absolute Gasteiger partial charge is 0.0193 e. The Bertz CT molecular complexity index is 174. The Morgan fingerprint density at radius 3 is 2.25 bits per heavy atom. The van der Waals surface area contributed by atoms with Gasteiger partial charge in [-0.1, -0.05) is 13.8 Å². The molecule has 1 saturated heterocycles. The molecule has 3 nitrogen and oxygen atoms in total. The summed E-state index contributed by atoms with van der Waals surface area (Å²) in [4.78, 5) is 5.01. The van der Waals surface area contributed by atoms with Crippen LogP contribution in [0.25, 0.3) is 0 Å². The fourth-order valence-electron chi connectivity index (χ4n) is 2.09. The number of nitrogens with one attached hydrogen (secondary N) is 1. The summed E-state index contributed by atoms with van der Waals surface area (Å²) in [6, 6.07) is 0.681. The van der Waals surface area contributed by atoms with E-state index in [1.165, 1.54) is 32.6 Å². The van der Waals surface area contributed by atoms with Gasteiger partial charge in [-0.3, -0.25) is 4.90 Å². The molecule has 0 spiro atoms. The topological polar surface area (TPSA) is 18.5 Å². The van der Waals surface area contributed by atoms with Crippen molar-refractivity contribution in [2.45, 2.75) is 33.2 Å². The molecular weight excluding hydrogens is 198 g/mol. The molecule has 1 rings (SSSR count). The highest BCUT2D eigenvalue weighted by atomic mass is 15.3. The number of likely N-dealkylation sites (N-methyl/N-ethyl adjacent to an activating group) is 1. The van der Waals surface area contributed by atoms with E-state index in [4.69, 9.17) is 0 Å². The SMILES string of the molecule is CC(C)CCNCC(C)N1CCN(C)CC1. The van der Waals surface area contributed by atoms with E-state index in [0.29, 0.717) is 6.04 Å². The van der Waals surface area contributed by atoms with E-state index in [1.54, 1.807) is 0 Å². The summed E-state index contributed by atoms with van der Waals surface area (Å²) in [5.41, 5.74) is 0. The molecule has 1 aliphatic heterocycles. The zero-order valence-electron chi connectivity index (χ0n) is 11.5. The summed E-state index contributed by atoms with van der Waals surface area (Å²) in [5.74, 6) is 0.812. The zero-order chi connectivity index (χ0) is 12.0. The molecule has 1 unspecified atom stereocenters. The average molecular weight is 227 g/mol. The lowest BCUT2D eigenvalue weighted by atomic mass is 10.1. The summed E-state index contributed by atoms with van der Waals surface area (Å²) >= 11 is 0. The van der Waals surface area contributed by atoms with Crippen LogP contribution in [-0.4, -0.2) is 62.2 Å². The van der Waals surface area contributed by atoms with Crippen LogP contribution in [0.2, 0.25) is 0 Å². The molecule has 0 aromatic rings. The maximum absolute atomic E-state index is 3.57. The quantitative estimate of drug-likeness (QED) is 0.689. The van der Waals surface area contributed by atoms with Gasteiger partial charge in [-0.25, -0.2) is 0 Å². The molecule has 0 amide bonds. The van der Waals surface area contributed by atoms with Gasteiger partial charge in [-0.05, 0) is 32.9 Å². The molecule has 1 heterocycles. The predicted octanol–water partition coefficient (Wildman–Crippen LogP) is 1.26. The highest BCUT2D eigenvalue weighted by Crippen LogP contribution is 2.04. The van der Waals surface area contributed by atoms with E-state index in [1.807, 2.05) is 0 Å². The third-order valence-corrected chi connectivity index (χ3v) is 3.50. The van der Waals surface area contributed by atoms with Gasteiger partial charge in [0.1, 0.15) is 0 Å². The third-order valence-electron chi connectivity index (χ3n) is 3.50. The second-order valence-electron chi connectivity index (χ2n) is 5.57. The van der Waals surface area contributed by atoms with Crippen molar-refractivity contribution in [2.24, 2.45) is 5.92 Å². The van der Waals surface area contributed by atoms with Crippen molar-refractivity contribution in [2.75, 3.05) is 46.3 Å². The van der Waals surface area contributed by atoms with E-state index in [0.717, 1.165) is 19.0 Å². The van der Waals surface area contributed by atoms with Crippen LogP contribution >= 0.6 is 0 Å². The Morgan fingerprint density at radius 2 is 1.69 bits per heavy atom. The van der Waals surface area contributed by atoms with E-state index in [-0.39, 0.29) is 0 Å². The molecule has 0 aromatic carbocycles. The van der Waals surface area contributed by atoms with Gasteiger partial charge < -0.3 is 10.2 Å². The Balaban J connectivity index is 2.08. The second kappa shape index (κ2) is 7.25. The number of hydrogen-bond acceptors (Lipinski definition) is 3. The molecule has 1 atom stereocenters. The molecule has 1 fully saturated rings. The molecule has 0 aromatic heterocycles. The van der Waals surface area contributed by atoms with Crippen LogP contribution in [-0.2, 0) is 0 Å². The lowest BCUT2D eigenvalue weighted by Crippen LogP contribution is -2.50. The third kappa shape index (κ3) is 5.28. The Morgan fingerprint density at radius 1 is 1.06 bits per heavy atom. The van der Waals surface area contributed by atoms with Gasteiger partial charge in [0.05, 0.1) is 0 Å². The van der Waals surface area contributed by atoms with Crippen molar-refractivity contribution in [3.63, 3.8) is 0 Å². The number of piperazine rings is 1. The molecule has 3 heteroatoms. The van der Waals surface area contributed by atoms with Crippen LogP contribution < -0.4 is 5.32 Å². The molecule has 1 aliphatic rings. The van der Waals surface area contributed by atoms with Crippen LogP contribution in [0.3, 0.4) is 0 Å². The molecule has 1 N–H and O–H groups in total. The molecule has 0 aliphatic carbocycles. The Hall–Kier alpha value is -0.120. The standard InChI is InChI=1S/C13H29N3/c1-12(2)5-6-14-11-13(3)16-9-7-15(4)8-10-16/h12-14H,5-11H2,1-4H3. The number of rotatable bonds is 6. The summed E-state index contributed by atoms with van der Waals surface area (Å²) < 4.78 is 0. The van der Waals surface area contributed by atoms with Gasteiger partial charge in [0.15, 0.2) is 0 Å². The van der Waals surface area contributed by atoms with E-state index >= 15 is 0 Å². The van der Waals surface area contributed by atoms with Gasteiger partial charge in [-0.2, -0.15) is 0 Å². The Kier molecular flexibility index (Phi) is 6.32. The van der Waals surface area contributed by atoms with Crippen molar-refractivity contribution in [1.29, 1.82) is 0 Å². The Labute approximate surface area is 101 Å². The van der Waals surface area contributed by atoms with Gasteiger partial charge in [-0.15, -0.1) is 0 Å². The largest absolute Gasteiger partial charge is 0.315 e. The summed E-state index contributed by atoms with van der Waals surface area (Å²) in [5, 5.41) is 3.57. The van der Waals surface area contributed by atoms with E-state index in [2.05, 4.69) is 42.9 Å². The lowest BCUT2D eigenvalue weighted by molar-refractivity contribution is 0.118. The van der Waals surface area contributed by atoms with Crippen molar-refractivity contribution in [1.82, 2.24) is 15.1 Å². The minimum absolute atomic E-state index is 0.681. The predicted molar refractivity (Wildman–Crippen MR) is 70.9 cm³/mol. The molecule has 96 valence electrons. The lowest BCUT2D eigenvalue weighted by Gasteiger charge is -2.36. The maximum atomic E-state index is 3.57. The zero-order valence-corrected chi connectivity index (χ0v) is 11.5. The van der Waals surface area contributed by atoms with Gasteiger partial charge in [0, 0.05) is 38.8 Å². The van der Waals surface area contributed by atoms with Crippen LogP contribution in [0.1, 0.15) is 27.2 Å². The highest BCUT2D eigenvalue weighted by molar-refractivity contribution is 4.75. The van der Waals surface area contributed by atoms with Gasteiger partial charge >= 0.3 is 0 Å². The molecule has 0 radical (unpaired) electrons. The van der Waals surface area contributed by atoms with Crippen molar-refractivity contribution in [3.05, 3.63) is 0 Å². The van der Waals surface area contributed by atoms with Crippen LogP contribution in [0.4, 0.5) is 0 Å². The van der Waals surface area contributed by atoms with Crippen LogP contribution in [0.5, 0.6) is 0 Å². The minimum atomic E-state index is 0.681. The first-order valence-electron chi connectivity index (χ1n) is 6.73. The minimum Gasteiger partial charge on any atom is -0.315 e. The highest BCUT2D eigenvalue weighted by Gasteiger charge is 2.18. The average Bonchev–Trinajstić information content (AvgIpc) is 2.25. The molecule has 0 bridgehead atoms. The molecule has 0 saturated carbocycles. The van der Waals surface area contributed by atoms with Gasteiger partial charge in [0.2, 0.25) is 0 Å².